The number of rotatable bonds is 5. The molecule has 2 aliphatic rings. The molecule has 0 bridgehead atoms. The standard InChI is InChI=1S/C27H34F2/c1-2-12-22-23(19-13-6-3-7-14-19)25(21-17-10-5-11-18-21)27(29)26(28)24(22)20-15-8-4-9-16-20/h3,6-7,13-14,20-21H,2,4-5,8-12,15-18H2,1H3. The average Bonchev–Trinajstić information content (AvgIpc) is 2.78. The predicted molar refractivity (Wildman–Crippen MR) is 117 cm³/mol. The monoisotopic (exact) mass is 396 g/mol. The molecule has 0 spiro atoms. The van der Waals surface area contributed by atoms with Gasteiger partial charge in [0.2, 0.25) is 0 Å². The van der Waals surface area contributed by atoms with E-state index in [1.807, 2.05) is 18.2 Å². The summed E-state index contributed by atoms with van der Waals surface area (Å²) >= 11 is 0. The van der Waals surface area contributed by atoms with Crippen molar-refractivity contribution in [2.75, 3.05) is 0 Å². The van der Waals surface area contributed by atoms with Gasteiger partial charge in [-0.05, 0) is 66.2 Å². The highest BCUT2D eigenvalue weighted by atomic mass is 19.2. The zero-order valence-corrected chi connectivity index (χ0v) is 17.8. The molecule has 2 aromatic rings. The van der Waals surface area contributed by atoms with Crippen LogP contribution in [-0.4, -0.2) is 0 Å². The molecule has 156 valence electrons. The fourth-order valence-corrected chi connectivity index (χ4v) is 5.81. The fraction of sp³-hybridized carbons (Fsp3) is 0.556. The van der Waals surface area contributed by atoms with Crippen molar-refractivity contribution in [1.29, 1.82) is 0 Å². The summed E-state index contributed by atoms with van der Waals surface area (Å²) in [6, 6.07) is 10.2. The molecule has 0 atom stereocenters. The van der Waals surface area contributed by atoms with Crippen LogP contribution in [0.1, 0.15) is 106 Å². The van der Waals surface area contributed by atoms with E-state index in [4.69, 9.17) is 0 Å². The van der Waals surface area contributed by atoms with Crippen LogP contribution in [0, 0.1) is 11.6 Å². The highest BCUT2D eigenvalue weighted by Gasteiger charge is 2.33. The predicted octanol–water partition coefficient (Wildman–Crippen LogP) is 8.68. The van der Waals surface area contributed by atoms with E-state index < -0.39 is 11.6 Å². The quantitative estimate of drug-likeness (QED) is 0.474. The van der Waals surface area contributed by atoms with E-state index in [1.54, 1.807) is 0 Å². The van der Waals surface area contributed by atoms with E-state index in [2.05, 4.69) is 19.1 Å². The van der Waals surface area contributed by atoms with Crippen LogP contribution in [-0.2, 0) is 6.42 Å². The maximum absolute atomic E-state index is 15.8. The Morgan fingerprint density at radius 2 is 1.24 bits per heavy atom. The van der Waals surface area contributed by atoms with Gasteiger partial charge in [-0.1, -0.05) is 82.2 Å². The second kappa shape index (κ2) is 9.41. The van der Waals surface area contributed by atoms with Crippen molar-refractivity contribution in [1.82, 2.24) is 0 Å². The summed E-state index contributed by atoms with van der Waals surface area (Å²) in [7, 11) is 0. The lowest BCUT2D eigenvalue weighted by atomic mass is 9.74. The Hall–Kier alpha value is -1.70. The normalized spacial score (nSPS) is 18.9. The van der Waals surface area contributed by atoms with Crippen molar-refractivity contribution in [3.05, 3.63) is 58.7 Å². The summed E-state index contributed by atoms with van der Waals surface area (Å²) in [5, 5.41) is 0. The van der Waals surface area contributed by atoms with Gasteiger partial charge in [0.1, 0.15) is 0 Å². The third kappa shape index (κ3) is 4.13. The van der Waals surface area contributed by atoms with Crippen molar-refractivity contribution in [3.63, 3.8) is 0 Å². The van der Waals surface area contributed by atoms with Crippen molar-refractivity contribution in [2.45, 2.75) is 95.8 Å². The number of halogens is 2. The van der Waals surface area contributed by atoms with Gasteiger partial charge in [-0.3, -0.25) is 0 Å². The second-order valence-corrected chi connectivity index (χ2v) is 9.09. The molecule has 2 aliphatic carbocycles. The molecule has 0 aromatic heterocycles. The van der Waals surface area contributed by atoms with E-state index >= 15 is 8.78 Å². The summed E-state index contributed by atoms with van der Waals surface area (Å²) in [5.74, 6) is -0.760. The Kier molecular flexibility index (Phi) is 6.67. The Balaban J connectivity index is 1.97. The Morgan fingerprint density at radius 3 is 1.79 bits per heavy atom. The Morgan fingerprint density at radius 1 is 0.724 bits per heavy atom. The van der Waals surface area contributed by atoms with Gasteiger partial charge in [0.15, 0.2) is 11.6 Å². The first-order valence-electron chi connectivity index (χ1n) is 11.8. The minimum absolute atomic E-state index is 0.143. The number of hydrogen-bond acceptors (Lipinski definition) is 0. The molecule has 2 saturated carbocycles. The van der Waals surface area contributed by atoms with Gasteiger partial charge in [0.25, 0.3) is 0 Å². The van der Waals surface area contributed by atoms with Crippen LogP contribution in [0.2, 0.25) is 0 Å². The van der Waals surface area contributed by atoms with E-state index in [0.29, 0.717) is 11.1 Å². The van der Waals surface area contributed by atoms with Crippen LogP contribution in [0.5, 0.6) is 0 Å². The van der Waals surface area contributed by atoms with Gasteiger partial charge < -0.3 is 0 Å². The maximum atomic E-state index is 15.8. The lowest BCUT2D eigenvalue weighted by Gasteiger charge is -2.31. The minimum atomic E-state index is -0.545. The third-order valence-electron chi connectivity index (χ3n) is 7.15. The minimum Gasteiger partial charge on any atom is -0.203 e. The van der Waals surface area contributed by atoms with Gasteiger partial charge >= 0.3 is 0 Å². The lowest BCUT2D eigenvalue weighted by Crippen LogP contribution is -2.17. The molecule has 0 heterocycles. The molecule has 0 amide bonds. The van der Waals surface area contributed by atoms with Gasteiger partial charge in [-0.15, -0.1) is 0 Å². The molecular formula is C27H34F2. The Labute approximate surface area is 174 Å². The highest BCUT2D eigenvalue weighted by molar-refractivity contribution is 5.74. The van der Waals surface area contributed by atoms with Gasteiger partial charge in [0.05, 0.1) is 0 Å². The summed E-state index contributed by atoms with van der Waals surface area (Å²) < 4.78 is 31.5. The highest BCUT2D eigenvalue weighted by Crippen LogP contribution is 2.47. The summed E-state index contributed by atoms with van der Waals surface area (Å²) in [6.45, 7) is 2.15. The fourth-order valence-electron chi connectivity index (χ4n) is 5.81. The largest absolute Gasteiger partial charge is 0.203 e. The second-order valence-electron chi connectivity index (χ2n) is 9.09. The zero-order valence-electron chi connectivity index (χ0n) is 17.8. The van der Waals surface area contributed by atoms with E-state index in [-0.39, 0.29) is 11.8 Å². The summed E-state index contributed by atoms with van der Waals surface area (Å²) in [4.78, 5) is 0. The van der Waals surface area contributed by atoms with Crippen LogP contribution >= 0.6 is 0 Å². The van der Waals surface area contributed by atoms with Crippen molar-refractivity contribution in [3.8, 4) is 11.1 Å². The van der Waals surface area contributed by atoms with Crippen LogP contribution in [0.4, 0.5) is 8.78 Å². The maximum Gasteiger partial charge on any atom is 0.163 e. The van der Waals surface area contributed by atoms with Crippen LogP contribution in [0.3, 0.4) is 0 Å². The first kappa shape index (κ1) is 20.6. The van der Waals surface area contributed by atoms with Crippen molar-refractivity contribution < 1.29 is 8.78 Å². The molecule has 4 rings (SSSR count). The first-order chi connectivity index (χ1) is 14.2. The lowest BCUT2D eigenvalue weighted by molar-refractivity contribution is 0.397. The summed E-state index contributed by atoms with van der Waals surface area (Å²) in [6.07, 6.45) is 12.6. The number of benzene rings is 2. The Bertz CT molecular complexity index is 812. The molecule has 2 heteroatoms. The molecule has 0 nitrogen and oxygen atoms in total. The molecule has 0 N–H and O–H groups in total. The molecule has 0 unspecified atom stereocenters. The van der Waals surface area contributed by atoms with Gasteiger partial charge in [-0.25, -0.2) is 8.78 Å². The third-order valence-corrected chi connectivity index (χ3v) is 7.15. The van der Waals surface area contributed by atoms with E-state index in [9.17, 15) is 0 Å². The van der Waals surface area contributed by atoms with Crippen LogP contribution in [0.15, 0.2) is 30.3 Å². The molecule has 2 fully saturated rings. The molecule has 0 aliphatic heterocycles. The van der Waals surface area contributed by atoms with Gasteiger partial charge in [-0.2, -0.15) is 0 Å². The molecule has 0 saturated heterocycles. The topological polar surface area (TPSA) is 0 Å². The van der Waals surface area contributed by atoms with Crippen LogP contribution < -0.4 is 0 Å². The van der Waals surface area contributed by atoms with Crippen molar-refractivity contribution >= 4 is 0 Å². The summed E-state index contributed by atoms with van der Waals surface area (Å²) in [5.41, 5.74) is 4.58. The van der Waals surface area contributed by atoms with E-state index in [0.717, 1.165) is 80.9 Å². The van der Waals surface area contributed by atoms with Gasteiger partial charge in [0, 0.05) is 5.56 Å². The van der Waals surface area contributed by atoms with Crippen molar-refractivity contribution in [2.24, 2.45) is 0 Å². The zero-order chi connectivity index (χ0) is 20.2. The van der Waals surface area contributed by atoms with Crippen LogP contribution in [0.25, 0.3) is 11.1 Å². The molecular weight excluding hydrogens is 362 g/mol. The first-order valence-corrected chi connectivity index (χ1v) is 11.8. The number of hydrogen-bond donors (Lipinski definition) is 0. The van der Waals surface area contributed by atoms with E-state index in [1.165, 1.54) is 12.8 Å². The average molecular weight is 397 g/mol. The molecule has 29 heavy (non-hydrogen) atoms. The SMILES string of the molecule is CCCc1c(-c2ccccc2)c(C2CCCCC2)c(F)c(F)c1C1CCCCC1. The molecule has 2 aromatic carbocycles. The smallest absolute Gasteiger partial charge is 0.163 e. The molecule has 0 radical (unpaired) electrons.